The molecule has 5 nitrogen and oxygen atoms in total. The van der Waals surface area contributed by atoms with Gasteiger partial charge in [-0.25, -0.2) is 0 Å². The lowest BCUT2D eigenvalue weighted by Crippen LogP contribution is -2.40. The van der Waals surface area contributed by atoms with Gasteiger partial charge in [0.15, 0.2) is 0 Å². The molecule has 1 amide bonds. The number of guanidine groups is 1. The number of halogens is 1. The highest BCUT2D eigenvalue weighted by Crippen LogP contribution is 2.15. The number of amides is 1. The topological polar surface area (TPSA) is 70.7 Å². The number of nitrogens with one attached hydrogen (secondary N) is 1. The summed E-state index contributed by atoms with van der Waals surface area (Å²) in [5, 5.41) is 8.79. The van der Waals surface area contributed by atoms with Crippen molar-refractivity contribution in [3.05, 3.63) is 35.9 Å². The van der Waals surface area contributed by atoms with E-state index < -0.39 is 0 Å². The number of nitrogens with zero attached hydrogens (tertiary/aromatic N) is 2. The van der Waals surface area contributed by atoms with Crippen molar-refractivity contribution >= 4 is 23.5 Å². The Hall–Kier alpha value is -1.75. The molecule has 6 heteroatoms. The Bertz CT molecular complexity index is 455. The van der Waals surface area contributed by atoms with E-state index in [1.165, 1.54) is 0 Å². The lowest BCUT2D eigenvalue weighted by molar-refractivity contribution is 0.0975. The largest absolute Gasteiger partial charge is 0.368 e. The second-order valence-electron chi connectivity index (χ2n) is 4.43. The van der Waals surface area contributed by atoms with Crippen molar-refractivity contribution in [2.24, 2.45) is 10.8 Å². The fourth-order valence-electron chi connectivity index (χ4n) is 1.89. The molecule has 0 radical (unpaired) electrons. The lowest BCUT2D eigenvalue weighted by atomic mass is 10.1. The maximum absolute atomic E-state index is 11.8. The summed E-state index contributed by atoms with van der Waals surface area (Å²) in [5.41, 5.74) is 6.28. The van der Waals surface area contributed by atoms with E-state index in [1.54, 1.807) is 24.3 Å². The number of hydrogen-bond acceptors (Lipinski definition) is 3. The Balaban J connectivity index is 1.90. The molecule has 1 aliphatic rings. The summed E-state index contributed by atoms with van der Waals surface area (Å²) < 4.78 is 0. The molecule has 2 rings (SSSR count). The highest BCUT2D eigenvalue weighted by atomic mass is 35.5. The van der Waals surface area contributed by atoms with Gasteiger partial charge in [-0.2, -0.15) is 0 Å². The van der Waals surface area contributed by atoms with Crippen LogP contribution in [0, 0.1) is 0 Å². The van der Waals surface area contributed by atoms with E-state index in [-0.39, 0.29) is 17.2 Å². The van der Waals surface area contributed by atoms with Crippen LogP contribution in [0.1, 0.15) is 23.2 Å². The number of nitrogens with two attached hydrogens (primary N) is 1. The molecule has 0 atom stereocenters. The quantitative estimate of drug-likeness (QED) is 0.488. The molecular formula is C13H17ClN4O. The van der Waals surface area contributed by atoms with Crippen LogP contribution in [-0.2, 0) is 0 Å². The molecule has 0 saturated carbocycles. The molecule has 0 aliphatic carbocycles. The summed E-state index contributed by atoms with van der Waals surface area (Å²) in [6.45, 7) is 1.52. The highest BCUT2D eigenvalue weighted by Gasteiger charge is 2.16. The van der Waals surface area contributed by atoms with E-state index in [0.717, 1.165) is 25.9 Å². The number of benzene rings is 1. The van der Waals surface area contributed by atoms with Crippen LogP contribution in [0.5, 0.6) is 0 Å². The predicted octanol–water partition coefficient (Wildman–Crippen LogP) is 1.35. The molecule has 0 spiro atoms. The second-order valence-corrected chi connectivity index (χ2v) is 5.05. The lowest BCUT2D eigenvalue weighted by Gasteiger charge is -2.26. The molecule has 0 aromatic heterocycles. The molecule has 0 bridgehead atoms. The van der Waals surface area contributed by atoms with Crippen LogP contribution in [0.3, 0.4) is 0 Å². The third-order valence-electron chi connectivity index (χ3n) is 2.93. The number of carbonyl (C=O) groups excluding carboxylic acids is 1. The molecule has 1 heterocycles. The third kappa shape index (κ3) is 4.13. The molecule has 1 fully saturated rings. The number of hydrazone groups is 1. The van der Waals surface area contributed by atoms with Gasteiger partial charge in [-0.1, -0.05) is 18.2 Å². The average Bonchev–Trinajstić information content (AvgIpc) is 2.42. The van der Waals surface area contributed by atoms with Crippen LogP contribution in [0.4, 0.5) is 0 Å². The van der Waals surface area contributed by atoms with Gasteiger partial charge < -0.3 is 5.73 Å². The van der Waals surface area contributed by atoms with Crippen molar-refractivity contribution in [3.8, 4) is 0 Å². The molecule has 0 unspecified atom stereocenters. The van der Waals surface area contributed by atoms with Gasteiger partial charge in [0, 0.05) is 24.0 Å². The Labute approximate surface area is 117 Å². The van der Waals surface area contributed by atoms with Gasteiger partial charge >= 0.3 is 0 Å². The van der Waals surface area contributed by atoms with E-state index in [4.69, 9.17) is 17.3 Å². The predicted molar refractivity (Wildman–Crippen MR) is 76.0 cm³/mol. The average molecular weight is 281 g/mol. The Morgan fingerprint density at radius 1 is 1.32 bits per heavy atom. The van der Waals surface area contributed by atoms with Crippen molar-refractivity contribution in [3.63, 3.8) is 0 Å². The van der Waals surface area contributed by atoms with Gasteiger partial charge in [0.25, 0.3) is 5.91 Å². The number of hydrogen-bond donors (Lipinski definition) is 2. The van der Waals surface area contributed by atoms with Crippen molar-refractivity contribution in [1.82, 2.24) is 10.3 Å². The smallest absolute Gasteiger partial charge is 0.257 e. The van der Waals surface area contributed by atoms with Crippen LogP contribution in [0.15, 0.2) is 35.4 Å². The van der Waals surface area contributed by atoms with Crippen LogP contribution in [-0.4, -0.2) is 35.3 Å². The van der Waals surface area contributed by atoms with Crippen LogP contribution >= 0.6 is 11.6 Å². The first kappa shape index (κ1) is 13.7. The van der Waals surface area contributed by atoms with E-state index >= 15 is 0 Å². The van der Waals surface area contributed by atoms with Crippen molar-refractivity contribution in [2.75, 3.05) is 13.1 Å². The molecule has 1 aromatic carbocycles. The van der Waals surface area contributed by atoms with Gasteiger partial charge in [-0.15, -0.1) is 16.7 Å². The number of carbonyl (C=O) groups is 1. The first-order valence-corrected chi connectivity index (χ1v) is 6.68. The molecular weight excluding hydrogens is 264 g/mol. The minimum atomic E-state index is -0.255. The number of piperidine rings is 1. The Morgan fingerprint density at radius 3 is 2.58 bits per heavy atom. The van der Waals surface area contributed by atoms with Gasteiger partial charge in [0.05, 0.1) is 0 Å². The standard InChI is InChI=1S/C13H17ClN4O/c14-11-6-8-18(9-7-11)17-13(15)16-12(19)10-4-2-1-3-5-10/h1-5,11H,6-9H2,(H3,15,16,17,19). The highest BCUT2D eigenvalue weighted by molar-refractivity contribution is 6.20. The molecule has 1 aliphatic heterocycles. The summed E-state index contributed by atoms with van der Waals surface area (Å²) in [6, 6.07) is 8.90. The minimum absolute atomic E-state index is 0.113. The maximum atomic E-state index is 11.8. The first-order chi connectivity index (χ1) is 9.15. The maximum Gasteiger partial charge on any atom is 0.257 e. The van der Waals surface area contributed by atoms with Crippen LogP contribution in [0.2, 0.25) is 0 Å². The zero-order chi connectivity index (χ0) is 13.7. The van der Waals surface area contributed by atoms with E-state index in [2.05, 4.69) is 10.4 Å². The van der Waals surface area contributed by atoms with Crippen LogP contribution < -0.4 is 11.1 Å². The molecule has 1 aromatic rings. The van der Waals surface area contributed by atoms with Crippen molar-refractivity contribution in [2.45, 2.75) is 18.2 Å². The zero-order valence-electron chi connectivity index (χ0n) is 10.6. The Kier molecular flexibility index (Phi) is 4.63. The summed E-state index contributed by atoms with van der Waals surface area (Å²) >= 11 is 6.01. The van der Waals surface area contributed by atoms with E-state index in [0.29, 0.717) is 5.56 Å². The fourth-order valence-corrected chi connectivity index (χ4v) is 2.08. The fraction of sp³-hybridized carbons (Fsp3) is 0.385. The minimum Gasteiger partial charge on any atom is -0.368 e. The molecule has 3 N–H and O–H groups in total. The number of rotatable bonds is 2. The Morgan fingerprint density at radius 2 is 1.95 bits per heavy atom. The van der Waals surface area contributed by atoms with E-state index in [9.17, 15) is 4.79 Å². The third-order valence-corrected chi connectivity index (χ3v) is 3.36. The summed E-state index contributed by atoms with van der Waals surface area (Å²) in [5.74, 6) is -0.143. The van der Waals surface area contributed by atoms with Gasteiger partial charge in [0.1, 0.15) is 0 Å². The van der Waals surface area contributed by atoms with Gasteiger partial charge in [-0.3, -0.25) is 15.1 Å². The van der Waals surface area contributed by atoms with E-state index in [1.807, 2.05) is 11.1 Å². The van der Waals surface area contributed by atoms with Gasteiger partial charge in [0.2, 0.25) is 5.96 Å². The number of alkyl halides is 1. The monoisotopic (exact) mass is 280 g/mol. The molecule has 19 heavy (non-hydrogen) atoms. The van der Waals surface area contributed by atoms with Crippen LogP contribution in [0.25, 0.3) is 0 Å². The first-order valence-electron chi connectivity index (χ1n) is 6.24. The van der Waals surface area contributed by atoms with Crippen molar-refractivity contribution in [1.29, 1.82) is 0 Å². The zero-order valence-corrected chi connectivity index (χ0v) is 11.3. The summed E-state index contributed by atoms with van der Waals surface area (Å²) in [4.78, 5) is 11.8. The SMILES string of the molecule is NC(=NN1CCC(Cl)CC1)NC(=O)c1ccccc1. The molecule has 102 valence electrons. The second kappa shape index (κ2) is 6.43. The summed E-state index contributed by atoms with van der Waals surface area (Å²) in [6.07, 6.45) is 1.76. The summed E-state index contributed by atoms with van der Waals surface area (Å²) in [7, 11) is 0. The normalized spacial score (nSPS) is 17.3. The van der Waals surface area contributed by atoms with Crippen molar-refractivity contribution < 1.29 is 4.79 Å². The molecule has 1 saturated heterocycles. The van der Waals surface area contributed by atoms with Gasteiger partial charge in [-0.05, 0) is 25.0 Å².